The van der Waals surface area contributed by atoms with Crippen LogP contribution < -0.4 is 4.74 Å². The van der Waals surface area contributed by atoms with Crippen molar-refractivity contribution in [3.05, 3.63) is 64.7 Å². The maximum absolute atomic E-state index is 12.8. The Kier molecular flexibility index (Phi) is 4.48. The number of hydrogen-bond donors (Lipinski definition) is 0. The van der Waals surface area contributed by atoms with E-state index in [0.29, 0.717) is 6.54 Å². The fraction of sp³-hybridized carbons (Fsp3) is 0.409. The summed E-state index contributed by atoms with van der Waals surface area (Å²) in [7, 11) is 0. The van der Waals surface area contributed by atoms with E-state index in [9.17, 15) is 4.79 Å². The summed E-state index contributed by atoms with van der Waals surface area (Å²) in [4.78, 5) is 14.7. The molecule has 1 atom stereocenters. The van der Waals surface area contributed by atoms with Crippen LogP contribution in [-0.2, 0) is 30.6 Å². The summed E-state index contributed by atoms with van der Waals surface area (Å²) in [6.07, 6.45) is 5.28. The molecule has 1 aliphatic heterocycles. The van der Waals surface area contributed by atoms with Gasteiger partial charge in [0.2, 0.25) is 0 Å². The first kappa shape index (κ1) is 16.2. The normalized spacial score (nSPS) is 17.4. The van der Waals surface area contributed by atoms with Crippen molar-refractivity contribution in [2.75, 3.05) is 6.54 Å². The molecule has 0 fully saturated rings. The van der Waals surface area contributed by atoms with Crippen molar-refractivity contribution < 1.29 is 9.53 Å². The predicted molar refractivity (Wildman–Crippen MR) is 98.7 cm³/mol. The first-order chi connectivity index (χ1) is 12.2. The molecule has 2 aliphatic rings. The number of carbonyl (C=O) groups excluding carboxylic acids is 1. The molecule has 130 valence electrons. The second-order valence-corrected chi connectivity index (χ2v) is 7.18. The van der Waals surface area contributed by atoms with Gasteiger partial charge in [0.1, 0.15) is 5.75 Å². The number of amides is 1. The van der Waals surface area contributed by atoms with Crippen LogP contribution in [0.2, 0.25) is 0 Å². The summed E-state index contributed by atoms with van der Waals surface area (Å²) >= 11 is 0. The highest BCUT2D eigenvalue weighted by molar-refractivity contribution is 5.81. The lowest BCUT2D eigenvalue weighted by molar-refractivity contribution is -0.138. The molecule has 1 unspecified atom stereocenters. The van der Waals surface area contributed by atoms with E-state index < -0.39 is 6.10 Å². The molecule has 0 N–H and O–H groups in total. The average molecular weight is 335 g/mol. The number of fused-ring (bicyclic) bond motifs is 2. The van der Waals surface area contributed by atoms with Crippen LogP contribution >= 0.6 is 0 Å². The summed E-state index contributed by atoms with van der Waals surface area (Å²) in [6, 6.07) is 14.7. The lowest BCUT2D eigenvalue weighted by Gasteiger charge is -2.31. The summed E-state index contributed by atoms with van der Waals surface area (Å²) < 4.78 is 5.99. The van der Waals surface area contributed by atoms with Crippen LogP contribution in [0.4, 0.5) is 0 Å². The van der Waals surface area contributed by atoms with E-state index in [0.717, 1.165) is 31.6 Å². The molecule has 4 rings (SSSR count). The summed E-state index contributed by atoms with van der Waals surface area (Å²) in [5.74, 6) is 0.895. The number of nitrogens with zero attached hydrogens (tertiary/aromatic N) is 1. The van der Waals surface area contributed by atoms with Crippen LogP contribution in [-0.4, -0.2) is 23.5 Å². The zero-order valence-electron chi connectivity index (χ0n) is 14.8. The standard InChI is InChI=1S/C22H25NO2/c1-16(25-21-11-10-17-6-2-4-8-19(17)14-21)22(24)23-13-12-18-7-3-5-9-20(18)15-23/h3,5,7,9-11,14,16H,2,4,6,8,12-13,15H2,1H3. The minimum atomic E-state index is -0.452. The first-order valence-corrected chi connectivity index (χ1v) is 9.35. The molecule has 1 amide bonds. The Hall–Kier alpha value is -2.29. The van der Waals surface area contributed by atoms with Crippen LogP contribution in [0.15, 0.2) is 42.5 Å². The van der Waals surface area contributed by atoms with E-state index in [1.54, 1.807) is 0 Å². The third-order valence-electron chi connectivity index (χ3n) is 5.42. The van der Waals surface area contributed by atoms with E-state index in [4.69, 9.17) is 4.74 Å². The molecule has 2 aromatic carbocycles. The zero-order chi connectivity index (χ0) is 17.2. The molecule has 2 aromatic rings. The van der Waals surface area contributed by atoms with Gasteiger partial charge in [-0.25, -0.2) is 0 Å². The van der Waals surface area contributed by atoms with Crippen molar-refractivity contribution in [1.82, 2.24) is 4.90 Å². The molecule has 0 radical (unpaired) electrons. The molecule has 0 saturated heterocycles. The van der Waals surface area contributed by atoms with Crippen LogP contribution in [0.1, 0.15) is 42.0 Å². The minimum absolute atomic E-state index is 0.0761. The van der Waals surface area contributed by atoms with Crippen molar-refractivity contribution in [2.24, 2.45) is 0 Å². The van der Waals surface area contributed by atoms with Gasteiger partial charge >= 0.3 is 0 Å². The van der Waals surface area contributed by atoms with Gasteiger partial charge < -0.3 is 9.64 Å². The van der Waals surface area contributed by atoms with E-state index >= 15 is 0 Å². The molecule has 0 spiro atoms. The van der Waals surface area contributed by atoms with Crippen molar-refractivity contribution in [3.63, 3.8) is 0 Å². The van der Waals surface area contributed by atoms with Gasteiger partial charge in [-0.3, -0.25) is 4.79 Å². The van der Waals surface area contributed by atoms with E-state index in [1.165, 1.54) is 35.1 Å². The Morgan fingerprint density at radius 3 is 2.52 bits per heavy atom. The Balaban J connectivity index is 1.43. The van der Waals surface area contributed by atoms with Gasteiger partial charge in [-0.15, -0.1) is 0 Å². The molecule has 25 heavy (non-hydrogen) atoms. The van der Waals surface area contributed by atoms with E-state index in [1.807, 2.05) is 24.0 Å². The molecule has 3 nitrogen and oxygen atoms in total. The van der Waals surface area contributed by atoms with Crippen molar-refractivity contribution >= 4 is 5.91 Å². The molecular formula is C22H25NO2. The number of ether oxygens (including phenoxy) is 1. The Labute approximate surface area is 149 Å². The van der Waals surface area contributed by atoms with Crippen LogP contribution in [0.25, 0.3) is 0 Å². The maximum Gasteiger partial charge on any atom is 0.263 e. The molecule has 0 bridgehead atoms. The van der Waals surface area contributed by atoms with Crippen molar-refractivity contribution in [3.8, 4) is 5.75 Å². The van der Waals surface area contributed by atoms with Crippen LogP contribution in [0, 0.1) is 0 Å². The largest absolute Gasteiger partial charge is 0.481 e. The summed E-state index contributed by atoms with van der Waals surface area (Å²) in [5.41, 5.74) is 5.43. The van der Waals surface area contributed by atoms with Crippen LogP contribution in [0.5, 0.6) is 5.75 Å². The molecule has 0 saturated carbocycles. The molecule has 0 aromatic heterocycles. The highest BCUT2D eigenvalue weighted by atomic mass is 16.5. The fourth-order valence-electron chi connectivity index (χ4n) is 3.98. The minimum Gasteiger partial charge on any atom is -0.481 e. The molecule has 3 heteroatoms. The van der Waals surface area contributed by atoms with Gasteiger partial charge in [-0.05, 0) is 73.4 Å². The van der Waals surface area contributed by atoms with Crippen molar-refractivity contribution in [2.45, 2.75) is 51.7 Å². The van der Waals surface area contributed by atoms with Gasteiger partial charge in [-0.1, -0.05) is 30.3 Å². The Morgan fingerprint density at radius 2 is 1.68 bits per heavy atom. The topological polar surface area (TPSA) is 29.5 Å². The van der Waals surface area contributed by atoms with E-state index in [-0.39, 0.29) is 5.91 Å². The quantitative estimate of drug-likeness (QED) is 0.851. The highest BCUT2D eigenvalue weighted by Crippen LogP contribution is 2.26. The Bertz CT molecular complexity index is 783. The summed E-state index contributed by atoms with van der Waals surface area (Å²) in [6.45, 7) is 3.32. The summed E-state index contributed by atoms with van der Waals surface area (Å²) in [5, 5.41) is 0. The molecule has 1 aliphatic carbocycles. The SMILES string of the molecule is CC(Oc1ccc2c(c1)CCCC2)C(=O)N1CCc2ccccc2C1. The van der Waals surface area contributed by atoms with Crippen molar-refractivity contribution in [1.29, 1.82) is 0 Å². The van der Waals surface area contributed by atoms with Gasteiger partial charge in [0, 0.05) is 13.1 Å². The second kappa shape index (κ2) is 6.91. The predicted octanol–water partition coefficient (Wildman–Crippen LogP) is 3.92. The lowest BCUT2D eigenvalue weighted by Crippen LogP contribution is -2.43. The Morgan fingerprint density at radius 1 is 0.960 bits per heavy atom. The zero-order valence-corrected chi connectivity index (χ0v) is 14.8. The number of benzene rings is 2. The van der Waals surface area contributed by atoms with E-state index in [2.05, 4.69) is 30.3 Å². The third kappa shape index (κ3) is 3.41. The number of carbonyl (C=O) groups is 1. The number of rotatable bonds is 3. The monoisotopic (exact) mass is 335 g/mol. The van der Waals surface area contributed by atoms with Gasteiger partial charge in [0.25, 0.3) is 5.91 Å². The lowest BCUT2D eigenvalue weighted by atomic mass is 9.92. The number of aryl methyl sites for hydroxylation is 2. The smallest absolute Gasteiger partial charge is 0.263 e. The second-order valence-electron chi connectivity index (χ2n) is 7.18. The number of hydrogen-bond acceptors (Lipinski definition) is 2. The third-order valence-corrected chi connectivity index (χ3v) is 5.42. The van der Waals surface area contributed by atoms with Gasteiger partial charge in [0.15, 0.2) is 6.10 Å². The molecular weight excluding hydrogens is 310 g/mol. The first-order valence-electron chi connectivity index (χ1n) is 9.35. The molecule has 1 heterocycles. The fourth-order valence-corrected chi connectivity index (χ4v) is 3.98. The van der Waals surface area contributed by atoms with Gasteiger partial charge in [-0.2, -0.15) is 0 Å². The maximum atomic E-state index is 12.8. The van der Waals surface area contributed by atoms with Gasteiger partial charge in [0.05, 0.1) is 0 Å². The van der Waals surface area contributed by atoms with Crippen LogP contribution in [0.3, 0.4) is 0 Å². The average Bonchev–Trinajstić information content (AvgIpc) is 2.67. The highest BCUT2D eigenvalue weighted by Gasteiger charge is 2.26.